The van der Waals surface area contributed by atoms with Crippen LogP contribution in [-0.4, -0.2) is 42.3 Å². The second kappa shape index (κ2) is 3.54. The van der Waals surface area contributed by atoms with E-state index in [1.807, 2.05) is 0 Å². The Balaban J connectivity index is 2.00. The van der Waals surface area contributed by atoms with E-state index in [1.54, 1.807) is 4.90 Å². The van der Waals surface area contributed by atoms with Crippen LogP contribution in [0.2, 0.25) is 0 Å². The summed E-state index contributed by atoms with van der Waals surface area (Å²) in [5, 5.41) is 12.2. The van der Waals surface area contributed by atoms with Gasteiger partial charge in [-0.05, 0) is 37.8 Å². The van der Waals surface area contributed by atoms with E-state index < -0.39 is 6.09 Å². The van der Waals surface area contributed by atoms with E-state index in [0.29, 0.717) is 11.8 Å². The first-order valence-electron chi connectivity index (χ1n) is 4.96. The lowest BCUT2D eigenvalue weighted by molar-refractivity contribution is 0.140. The molecule has 2 atom stereocenters. The molecule has 74 valence electrons. The summed E-state index contributed by atoms with van der Waals surface area (Å²) in [4.78, 5) is 12.4. The van der Waals surface area contributed by atoms with Crippen LogP contribution in [0.3, 0.4) is 0 Å². The lowest BCUT2D eigenvalue weighted by Gasteiger charge is -2.20. The van der Waals surface area contributed by atoms with E-state index in [4.69, 9.17) is 5.11 Å². The van der Waals surface area contributed by atoms with Crippen molar-refractivity contribution in [1.29, 1.82) is 0 Å². The summed E-state index contributed by atoms with van der Waals surface area (Å²) >= 11 is 0. The van der Waals surface area contributed by atoms with Crippen molar-refractivity contribution >= 4 is 6.09 Å². The lowest BCUT2D eigenvalue weighted by atomic mass is 9.93. The summed E-state index contributed by atoms with van der Waals surface area (Å²) in [5.41, 5.74) is 0. The van der Waals surface area contributed by atoms with E-state index in [2.05, 4.69) is 5.32 Å². The first-order chi connectivity index (χ1) is 6.27. The van der Waals surface area contributed by atoms with Gasteiger partial charge >= 0.3 is 6.09 Å². The maximum atomic E-state index is 10.8. The third-order valence-electron chi connectivity index (χ3n) is 3.21. The van der Waals surface area contributed by atoms with Gasteiger partial charge in [-0.3, -0.25) is 0 Å². The van der Waals surface area contributed by atoms with Crippen molar-refractivity contribution < 1.29 is 9.90 Å². The fourth-order valence-corrected chi connectivity index (χ4v) is 2.43. The second-order valence-electron chi connectivity index (χ2n) is 4.05. The maximum Gasteiger partial charge on any atom is 0.407 e. The monoisotopic (exact) mass is 184 g/mol. The molecule has 0 aliphatic carbocycles. The van der Waals surface area contributed by atoms with Crippen LogP contribution in [-0.2, 0) is 0 Å². The number of amides is 1. The molecule has 0 bridgehead atoms. The van der Waals surface area contributed by atoms with Crippen LogP contribution in [0.5, 0.6) is 0 Å². The van der Waals surface area contributed by atoms with Gasteiger partial charge in [-0.2, -0.15) is 0 Å². The molecule has 0 aromatic heterocycles. The fraction of sp³-hybridized carbons (Fsp3) is 0.889. The minimum atomic E-state index is -0.757. The van der Waals surface area contributed by atoms with Gasteiger partial charge in [0.1, 0.15) is 0 Å². The SMILES string of the molecule is O=C(O)N1CCCC2CNCC2C1. The molecule has 2 rings (SSSR count). The summed E-state index contributed by atoms with van der Waals surface area (Å²) in [6, 6.07) is 0. The highest BCUT2D eigenvalue weighted by molar-refractivity contribution is 5.64. The number of hydrogen-bond donors (Lipinski definition) is 2. The average Bonchev–Trinajstić information content (AvgIpc) is 2.42. The molecule has 2 saturated heterocycles. The molecule has 0 radical (unpaired) electrons. The van der Waals surface area contributed by atoms with Crippen molar-refractivity contribution in [2.24, 2.45) is 11.8 Å². The Kier molecular flexibility index (Phi) is 2.40. The Labute approximate surface area is 77.9 Å². The lowest BCUT2D eigenvalue weighted by Crippen LogP contribution is -2.34. The molecule has 13 heavy (non-hydrogen) atoms. The van der Waals surface area contributed by atoms with Crippen molar-refractivity contribution in [3.05, 3.63) is 0 Å². The van der Waals surface area contributed by atoms with Gasteiger partial charge in [0.05, 0.1) is 0 Å². The topological polar surface area (TPSA) is 52.6 Å². The van der Waals surface area contributed by atoms with E-state index in [-0.39, 0.29) is 0 Å². The molecular weight excluding hydrogens is 168 g/mol. The van der Waals surface area contributed by atoms with Gasteiger partial charge in [-0.15, -0.1) is 0 Å². The minimum absolute atomic E-state index is 0.554. The van der Waals surface area contributed by atoms with E-state index in [0.717, 1.165) is 32.6 Å². The zero-order valence-electron chi connectivity index (χ0n) is 7.70. The van der Waals surface area contributed by atoms with E-state index in [1.165, 1.54) is 6.42 Å². The first-order valence-corrected chi connectivity index (χ1v) is 4.96. The number of carboxylic acid groups (broad SMARTS) is 1. The largest absolute Gasteiger partial charge is 0.465 e. The van der Waals surface area contributed by atoms with Gasteiger partial charge < -0.3 is 15.3 Å². The zero-order chi connectivity index (χ0) is 9.26. The van der Waals surface area contributed by atoms with Crippen LogP contribution in [0, 0.1) is 11.8 Å². The molecule has 1 amide bonds. The number of rotatable bonds is 0. The normalized spacial score (nSPS) is 34.0. The summed E-state index contributed by atoms with van der Waals surface area (Å²) in [7, 11) is 0. The fourth-order valence-electron chi connectivity index (χ4n) is 2.43. The molecule has 2 heterocycles. The molecule has 0 spiro atoms. The van der Waals surface area contributed by atoms with E-state index in [9.17, 15) is 4.79 Å². The Morgan fingerprint density at radius 2 is 2.15 bits per heavy atom. The third-order valence-corrected chi connectivity index (χ3v) is 3.21. The maximum absolute atomic E-state index is 10.8. The number of hydrogen-bond acceptors (Lipinski definition) is 2. The standard InChI is InChI=1S/C9H16N2O2/c12-9(13)11-3-1-2-7-4-10-5-8(7)6-11/h7-8,10H,1-6H2,(H,12,13). The van der Waals surface area contributed by atoms with Crippen LogP contribution >= 0.6 is 0 Å². The zero-order valence-corrected chi connectivity index (χ0v) is 7.70. The molecule has 0 aromatic rings. The predicted molar refractivity (Wildman–Crippen MR) is 48.7 cm³/mol. The number of nitrogens with one attached hydrogen (secondary N) is 1. The molecule has 2 N–H and O–H groups in total. The van der Waals surface area contributed by atoms with Crippen molar-refractivity contribution in [1.82, 2.24) is 10.2 Å². The van der Waals surface area contributed by atoms with Crippen LogP contribution in [0.1, 0.15) is 12.8 Å². The molecule has 2 aliphatic rings. The molecule has 2 unspecified atom stereocenters. The highest BCUT2D eigenvalue weighted by atomic mass is 16.4. The number of nitrogens with zero attached hydrogens (tertiary/aromatic N) is 1. The van der Waals surface area contributed by atoms with Gasteiger partial charge in [0.25, 0.3) is 0 Å². The summed E-state index contributed by atoms with van der Waals surface area (Å²) in [6.45, 7) is 3.53. The van der Waals surface area contributed by atoms with Gasteiger partial charge in [-0.1, -0.05) is 0 Å². The average molecular weight is 184 g/mol. The van der Waals surface area contributed by atoms with Crippen LogP contribution in [0.25, 0.3) is 0 Å². The highest BCUT2D eigenvalue weighted by Gasteiger charge is 2.32. The molecule has 2 aliphatic heterocycles. The third kappa shape index (κ3) is 1.77. The first kappa shape index (κ1) is 8.81. The minimum Gasteiger partial charge on any atom is -0.465 e. The summed E-state index contributed by atoms with van der Waals surface area (Å²) in [6.07, 6.45) is 1.45. The highest BCUT2D eigenvalue weighted by Crippen LogP contribution is 2.26. The summed E-state index contributed by atoms with van der Waals surface area (Å²) < 4.78 is 0. The summed E-state index contributed by atoms with van der Waals surface area (Å²) in [5.74, 6) is 1.27. The molecule has 4 nitrogen and oxygen atoms in total. The Morgan fingerprint density at radius 1 is 1.38 bits per heavy atom. The van der Waals surface area contributed by atoms with Crippen molar-refractivity contribution in [3.63, 3.8) is 0 Å². The molecular formula is C9H16N2O2. The number of carbonyl (C=O) groups is 1. The van der Waals surface area contributed by atoms with Gasteiger partial charge in [0.15, 0.2) is 0 Å². The van der Waals surface area contributed by atoms with Gasteiger partial charge in [0, 0.05) is 13.1 Å². The smallest absolute Gasteiger partial charge is 0.407 e. The molecule has 0 aromatic carbocycles. The quantitative estimate of drug-likeness (QED) is 0.579. The Hall–Kier alpha value is -0.770. The van der Waals surface area contributed by atoms with Crippen LogP contribution < -0.4 is 5.32 Å². The van der Waals surface area contributed by atoms with Crippen molar-refractivity contribution in [3.8, 4) is 0 Å². The van der Waals surface area contributed by atoms with Crippen molar-refractivity contribution in [2.75, 3.05) is 26.2 Å². The molecule has 4 heteroatoms. The van der Waals surface area contributed by atoms with Crippen LogP contribution in [0.4, 0.5) is 4.79 Å². The van der Waals surface area contributed by atoms with E-state index >= 15 is 0 Å². The molecule has 2 fully saturated rings. The molecule has 0 saturated carbocycles. The number of fused-ring (bicyclic) bond motifs is 1. The Bertz CT molecular complexity index is 208. The Morgan fingerprint density at radius 3 is 2.92 bits per heavy atom. The second-order valence-corrected chi connectivity index (χ2v) is 4.05. The van der Waals surface area contributed by atoms with Crippen molar-refractivity contribution in [2.45, 2.75) is 12.8 Å². The van der Waals surface area contributed by atoms with Crippen LogP contribution in [0.15, 0.2) is 0 Å². The number of likely N-dealkylation sites (tertiary alicyclic amines) is 1. The van der Waals surface area contributed by atoms with Gasteiger partial charge in [0.2, 0.25) is 0 Å². The van der Waals surface area contributed by atoms with Gasteiger partial charge in [-0.25, -0.2) is 4.79 Å². The predicted octanol–water partition coefficient (Wildman–Crippen LogP) is 0.596.